The molecule has 1 aliphatic rings. The standard InChI is InChI=1S/C18H24N4OS/c1-13(2)12-22-9-8-19-17(22)11-20-18(23)21-15-7-10-24-16-6-4-3-5-14(15)16/h3-6,8-9,13,15H,7,10-12H2,1-2H3,(H2,20,21,23). The first-order valence-corrected chi connectivity index (χ1v) is 9.38. The molecule has 2 N–H and O–H groups in total. The Balaban J connectivity index is 1.57. The van der Waals surface area contributed by atoms with Crippen LogP contribution in [0.25, 0.3) is 0 Å². The summed E-state index contributed by atoms with van der Waals surface area (Å²) < 4.78 is 2.09. The van der Waals surface area contributed by atoms with Crippen molar-refractivity contribution >= 4 is 17.8 Å². The van der Waals surface area contributed by atoms with E-state index in [0.29, 0.717) is 12.5 Å². The molecule has 0 bridgehead atoms. The van der Waals surface area contributed by atoms with E-state index in [1.807, 2.05) is 30.1 Å². The highest BCUT2D eigenvalue weighted by molar-refractivity contribution is 7.99. The zero-order valence-electron chi connectivity index (χ0n) is 14.2. The van der Waals surface area contributed by atoms with E-state index >= 15 is 0 Å². The lowest BCUT2D eigenvalue weighted by molar-refractivity contribution is 0.235. The monoisotopic (exact) mass is 344 g/mol. The number of nitrogens with zero attached hydrogens (tertiary/aromatic N) is 2. The molecule has 128 valence electrons. The van der Waals surface area contributed by atoms with Gasteiger partial charge in [0.05, 0.1) is 12.6 Å². The quantitative estimate of drug-likeness (QED) is 0.872. The number of carbonyl (C=O) groups excluding carboxylic acids is 1. The number of thioether (sulfide) groups is 1. The zero-order chi connectivity index (χ0) is 16.9. The topological polar surface area (TPSA) is 59.0 Å². The number of rotatable bonds is 5. The fourth-order valence-electron chi connectivity index (χ4n) is 2.93. The number of urea groups is 1. The molecule has 0 radical (unpaired) electrons. The first kappa shape index (κ1) is 16.9. The molecule has 1 aromatic heterocycles. The van der Waals surface area contributed by atoms with Crippen LogP contribution in [0.3, 0.4) is 0 Å². The largest absolute Gasteiger partial charge is 0.333 e. The lowest BCUT2D eigenvalue weighted by Gasteiger charge is -2.26. The average Bonchev–Trinajstić information content (AvgIpc) is 3.00. The van der Waals surface area contributed by atoms with Crippen LogP contribution in [0.4, 0.5) is 4.79 Å². The molecule has 1 unspecified atom stereocenters. The second-order valence-electron chi connectivity index (χ2n) is 6.44. The minimum atomic E-state index is -0.138. The Morgan fingerprint density at radius 1 is 1.42 bits per heavy atom. The van der Waals surface area contributed by atoms with Gasteiger partial charge < -0.3 is 15.2 Å². The molecule has 1 aliphatic heterocycles. The van der Waals surface area contributed by atoms with Crippen molar-refractivity contribution in [3.63, 3.8) is 0 Å². The minimum Gasteiger partial charge on any atom is -0.333 e. The Morgan fingerprint density at radius 3 is 3.08 bits per heavy atom. The summed E-state index contributed by atoms with van der Waals surface area (Å²) in [7, 11) is 0. The molecule has 2 aromatic rings. The number of benzene rings is 1. The predicted molar refractivity (Wildman–Crippen MR) is 97.0 cm³/mol. The molecule has 1 aromatic carbocycles. The van der Waals surface area contributed by atoms with Crippen LogP contribution in [-0.2, 0) is 13.1 Å². The van der Waals surface area contributed by atoms with Crippen molar-refractivity contribution in [2.24, 2.45) is 5.92 Å². The van der Waals surface area contributed by atoms with Crippen molar-refractivity contribution in [2.75, 3.05) is 5.75 Å². The Bertz CT molecular complexity index is 698. The van der Waals surface area contributed by atoms with E-state index in [1.54, 1.807) is 6.20 Å². The zero-order valence-corrected chi connectivity index (χ0v) is 15.0. The van der Waals surface area contributed by atoms with Crippen LogP contribution in [0.2, 0.25) is 0 Å². The van der Waals surface area contributed by atoms with E-state index in [9.17, 15) is 4.79 Å². The van der Waals surface area contributed by atoms with Crippen molar-refractivity contribution in [3.8, 4) is 0 Å². The molecule has 0 fully saturated rings. The Kier molecular flexibility index (Phi) is 5.45. The van der Waals surface area contributed by atoms with Crippen LogP contribution >= 0.6 is 11.8 Å². The Hall–Kier alpha value is -1.95. The highest BCUT2D eigenvalue weighted by Crippen LogP contribution is 2.35. The summed E-state index contributed by atoms with van der Waals surface area (Å²) in [6.07, 6.45) is 4.70. The van der Waals surface area contributed by atoms with Crippen LogP contribution in [0, 0.1) is 5.92 Å². The van der Waals surface area contributed by atoms with Crippen LogP contribution in [-0.4, -0.2) is 21.3 Å². The van der Waals surface area contributed by atoms with Gasteiger partial charge >= 0.3 is 6.03 Å². The van der Waals surface area contributed by atoms with Crippen LogP contribution in [0.15, 0.2) is 41.6 Å². The average molecular weight is 344 g/mol. The molecule has 0 aliphatic carbocycles. The highest BCUT2D eigenvalue weighted by Gasteiger charge is 2.21. The molecular weight excluding hydrogens is 320 g/mol. The maximum absolute atomic E-state index is 12.3. The molecule has 0 saturated heterocycles. The molecule has 2 heterocycles. The SMILES string of the molecule is CC(C)Cn1ccnc1CNC(=O)NC1CCSc2ccccc21. The first-order valence-electron chi connectivity index (χ1n) is 8.39. The highest BCUT2D eigenvalue weighted by atomic mass is 32.2. The van der Waals surface area contributed by atoms with Crippen molar-refractivity contribution < 1.29 is 4.79 Å². The van der Waals surface area contributed by atoms with Gasteiger partial charge in [-0.05, 0) is 24.0 Å². The third kappa shape index (κ3) is 4.12. The third-order valence-corrected chi connectivity index (χ3v) is 5.16. The van der Waals surface area contributed by atoms with E-state index in [4.69, 9.17) is 0 Å². The third-order valence-electron chi connectivity index (χ3n) is 4.03. The summed E-state index contributed by atoms with van der Waals surface area (Å²) >= 11 is 1.85. The molecule has 2 amide bonds. The summed E-state index contributed by atoms with van der Waals surface area (Å²) in [4.78, 5) is 17.9. The minimum absolute atomic E-state index is 0.0814. The van der Waals surface area contributed by atoms with E-state index < -0.39 is 0 Å². The molecule has 24 heavy (non-hydrogen) atoms. The molecule has 0 saturated carbocycles. The van der Waals surface area contributed by atoms with Crippen molar-refractivity contribution in [2.45, 2.75) is 44.3 Å². The second kappa shape index (κ2) is 7.75. The summed E-state index contributed by atoms with van der Waals surface area (Å²) in [5, 5.41) is 6.03. The van der Waals surface area contributed by atoms with Crippen LogP contribution in [0.5, 0.6) is 0 Å². The van der Waals surface area contributed by atoms with Crippen LogP contribution < -0.4 is 10.6 Å². The number of aromatic nitrogens is 2. The lowest BCUT2D eigenvalue weighted by atomic mass is 10.0. The fraction of sp³-hybridized carbons (Fsp3) is 0.444. The maximum Gasteiger partial charge on any atom is 0.315 e. The molecule has 0 spiro atoms. The lowest BCUT2D eigenvalue weighted by Crippen LogP contribution is -2.39. The molecule has 3 rings (SSSR count). The summed E-state index contributed by atoms with van der Waals surface area (Å²) in [5.74, 6) is 2.46. The van der Waals surface area contributed by atoms with E-state index in [-0.39, 0.29) is 12.1 Å². The second-order valence-corrected chi connectivity index (χ2v) is 7.58. The van der Waals surface area contributed by atoms with Crippen molar-refractivity contribution in [1.82, 2.24) is 20.2 Å². The molecule has 5 nitrogen and oxygen atoms in total. The van der Waals surface area contributed by atoms with E-state index in [1.165, 1.54) is 10.5 Å². The molecular formula is C18H24N4OS. The van der Waals surface area contributed by atoms with Gasteiger partial charge in [-0.25, -0.2) is 9.78 Å². The number of amides is 2. The number of hydrogen-bond donors (Lipinski definition) is 2. The Morgan fingerprint density at radius 2 is 2.25 bits per heavy atom. The summed E-state index contributed by atoms with van der Waals surface area (Å²) in [6, 6.07) is 8.23. The van der Waals surface area contributed by atoms with E-state index in [0.717, 1.165) is 24.5 Å². The van der Waals surface area contributed by atoms with Gasteiger partial charge in [-0.3, -0.25) is 0 Å². The van der Waals surface area contributed by atoms with Gasteiger partial charge in [0, 0.05) is 29.6 Å². The number of carbonyl (C=O) groups is 1. The molecule has 1 atom stereocenters. The molecule has 6 heteroatoms. The van der Waals surface area contributed by atoms with Gasteiger partial charge in [0.1, 0.15) is 5.82 Å². The number of imidazole rings is 1. The fourth-order valence-corrected chi connectivity index (χ4v) is 4.05. The normalized spacial score (nSPS) is 16.7. The summed E-state index contributed by atoms with van der Waals surface area (Å²) in [5.41, 5.74) is 1.21. The van der Waals surface area contributed by atoms with Gasteiger partial charge in [-0.15, -0.1) is 11.8 Å². The smallest absolute Gasteiger partial charge is 0.315 e. The maximum atomic E-state index is 12.3. The Labute approximate surface area is 147 Å². The predicted octanol–water partition coefficient (Wildman–Crippen LogP) is 3.58. The van der Waals surface area contributed by atoms with Gasteiger partial charge in [0.2, 0.25) is 0 Å². The summed E-state index contributed by atoms with van der Waals surface area (Å²) in [6.45, 7) is 5.69. The van der Waals surface area contributed by atoms with Gasteiger partial charge in [-0.2, -0.15) is 0 Å². The first-order chi connectivity index (χ1) is 11.6. The van der Waals surface area contributed by atoms with Gasteiger partial charge in [0.25, 0.3) is 0 Å². The van der Waals surface area contributed by atoms with Gasteiger partial charge in [-0.1, -0.05) is 32.0 Å². The van der Waals surface area contributed by atoms with Gasteiger partial charge in [0.15, 0.2) is 0 Å². The van der Waals surface area contributed by atoms with Crippen molar-refractivity contribution in [3.05, 3.63) is 48.0 Å². The van der Waals surface area contributed by atoms with Crippen molar-refractivity contribution in [1.29, 1.82) is 0 Å². The van der Waals surface area contributed by atoms with E-state index in [2.05, 4.69) is 46.2 Å². The number of hydrogen-bond acceptors (Lipinski definition) is 3. The number of fused-ring (bicyclic) bond motifs is 1. The number of nitrogens with one attached hydrogen (secondary N) is 2. The van der Waals surface area contributed by atoms with Crippen LogP contribution in [0.1, 0.15) is 37.7 Å².